The maximum atomic E-state index is 5.93. The summed E-state index contributed by atoms with van der Waals surface area (Å²) in [5, 5.41) is 8.27. The molecule has 0 aliphatic heterocycles. The number of nitrogens with one attached hydrogen (secondary N) is 1. The lowest BCUT2D eigenvalue weighted by atomic mass is 10.2. The minimum absolute atomic E-state index is 0.735. The van der Waals surface area contributed by atoms with E-state index >= 15 is 0 Å². The number of hydrogen-bond donors (Lipinski definition) is 1. The number of aliphatic imine (C=N–C) groups is 1. The Bertz CT molecular complexity index is 633. The second kappa shape index (κ2) is 8.58. The molecule has 1 N–H and O–H groups in total. The van der Waals surface area contributed by atoms with E-state index in [1.54, 1.807) is 0 Å². The first kappa shape index (κ1) is 17.3. The highest BCUT2D eigenvalue weighted by Crippen LogP contribution is 2.11. The second-order valence-corrected chi connectivity index (χ2v) is 5.93. The topological polar surface area (TPSA) is 45.5 Å². The Kier molecular flexibility index (Phi) is 6.47. The summed E-state index contributed by atoms with van der Waals surface area (Å²) < 4.78 is 1.82. The van der Waals surface area contributed by atoms with Gasteiger partial charge in [-0.1, -0.05) is 23.7 Å². The SMILES string of the molecule is CCNC(=NCCc1cnn(C)c1)N(C)Cc1ccc(Cl)cc1. The summed E-state index contributed by atoms with van der Waals surface area (Å²) in [5.41, 5.74) is 2.40. The molecule has 0 radical (unpaired) electrons. The fourth-order valence-corrected chi connectivity index (χ4v) is 2.43. The van der Waals surface area contributed by atoms with Crippen molar-refractivity contribution in [3.05, 3.63) is 52.8 Å². The van der Waals surface area contributed by atoms with Crippen LogP contribution in [-0.4, -0.2) is 40.8 Å². The number of aromatic nitrogens is 2. The second-order valence-electron chi connectivity index (χ2n) is 5.49. The summed E-state index contributed by atoms with van der Waals surface area (Å²) in [6.45, 7) is 4.44. The lowest BCUT2D eigenvalue weighted by Crippen LogP contribution is -2.38. The van der Waals surface area contributed by atoms with Crippen molar-refractivity contribution in [2.45, 2.75) is 19.9 Å². The maximum Gasteiger partial charge on any atom is 0.193 e. The van der Waals surface area contributed by atoms with E-state index in [4.69, 9.17) is 16.6 Å². The standard InChI is InChI=1S/C17H24ClN5/c1-4-19-17(20-10-9-15-11-21-23(3)13-15)22(2)12-14-5-7-16(18)8-6-14/h5-8,11,13H,4,9-10,12H2,1-3H3,(H,19,20). The number of aryl methyl sites for hydroxylation is 1. The Hall–Kier alpha value is -2.01. The monoisotopic (exact) mass is 333 g/mol. The van der Waals surface area contributed by atoms with Crippen molar-refractivity contribution in [2.24, 2.45) is 12.0 Å². The Morgan fingerprint density at radius 1 is 1.30 bits per heavy atom. The fourth-order valence-electron chi connectivity index (χ4n) is 2.30. The molecule has 0 saturated carbocycles. The molecule has 0 unspecified atom stereocenters. The number of benzene rings is 1. The van der Waals surface area contributed by atoms with Gasteiger partial charge < -0.3 is 10.2 Å². The Labute approximate surface area is 143 Å². The number of rotatable bonds is 6. The van der Waals surface area contributed by atoms with E-state index in [0.29, 0.717) is 0 Å². The van der Waals surface area contributed by atoms with Crippen molar-refractivity contribution in [3.63, 3.8) is 0 Å². The molecule has 1 aromatic heterocycles. The molecular weight excluding hydrogens is 310 g/mol. The van der Waals surface area contributed by atoms with E-state index in [1.165, 1.54) is 11.1 Å². The zero-order valence-corrected chi connectivity index (χ0v) is 14.7. The molecule has 6 heteroatoms. The molecule has 23 heavy (non-hydrogen) atoms. The van der Waals surface area contributed by atoms with Crippen LogP contribution in [0.1, 0.15) is 18.1 Å². The van der Waals surface area contributed by atoms with Crippen LogP contribution >= 0.6 is 11.6 Å². The molecule has 0 saturated heterocycles. The summed E-state index contributed by atoms with van der Waals surface area (Å²) >= 11 is 5.93. The van der Waals surface area contributed by atoms with Crippen LogP contribution in [0, 0.1) is 0 Å². The van der Waals surface area contributed by atoms with Crippen LogP contribution in [0.4, 0.5) is 0 Å². The van der Waals surface area contributed by atoms with Crippen LogP contribution in [0.15, 0.2) is 41.7 Å². The zero-order chi connectivity index (χ0) is 16.7. The van der Waals surface area contributed by atoms with Crippen LogP contribution in [0.5, 0.6) is 0 Å². The van der Waals surface area contributed by atoms with Crippen LogP contribution in [0.2, 0.25) is 5.02 Å². The van der Waals surface area contributed by atoms with E-state index in [9.17, 15) is 0 Å². The summed E-state index contributed by atoms with van der Waals surface area (Å²) in [7, 11) is 3.97. The third-order valence-corrected chi connectivity index (χ3v) is 3.70. The Morgan fingerprint density at radius 2 is 2.04 bits per heavy atom. The third kappa shape index (κ3) is 5.60. The van der Waals surface area contributed by atoms with E-state index in [2.05, 4.69) is 22.2 Å². The Morgan fingerprint density at radius 3 is 2.65 bits per heavy atom. The van der Waals surface area contributed by atoms with Gasteiger partial charge in [0.25, 0.3) is 0 Å². The highest BCUT2D eigenvalue weighted by atomic mass is 35.5. The van der Waals surface area contributed by atoms with Gasteiger partial charge in [-0.25, -0.2) is 0 Å². The lowest BCUT2D eigenvalue weighted by Gasteiger charge is -2.22. The van der Waals surface area contributed by atoms with E-state index in [1.807, 2.05) is 55.4 Å². The average Bonchev–Trinajstić information content (AvgIpc) is 2.94. The van der Waals surface area contributed by atoms with Gasteiger partial charge in [0, 0.05) is 44.9 Å². The molecule has 124 valence electrons. The molecule has 2 rings (SSSR count). The summed E-state index contributed by atoms with van der Waals surface area (Å²) in [5.74, 6) is 0.909. The van der Waals surface area contributed by atoms with Gasteiger partial charge in [-0.2, -0.15) is 5.10 Å². The molecule has 0 spiro atoms. The summed E-state index contributed by atoms with van der Waals surface area (Å²) in [6.07, 6.45) is 4.80. The number of guanidine groups is 1. The Balaban J connectivity index is 1.95. The van der Waals surface area contributed by atoms with Crippen LogP contribution in [0.25, 0.3) is 0 Å². The molecule has 0 bridgehead atoms. The first-order valence-electron chi connectivity index (χ1n) is 7.80. The molecule has 1 aromatic carbocycles. The van der Waals surface area contributed by atoms with Gasteiger partial charge in [0.05, 0.1) is 6.20 Å². The lowest BCUT2D eigenvalue weighted by molar-refractivity contribution is 0.477. The predicted molar refractivity (Wildman–Crippen MR) is 95.8 cm³/mol. The molecule has 0 fully saturated rings. The highest BCUT2D eigenvalue weighted by molar-refractivity contribution is 6.30. The van der Waals surface area contributed by atoms with E-state index in [0.717, 1.165) is 37.0 Å². The summed E-state index contributed by atoms with van der Waals surface area (Å²) in [6, 6.07) is 7.91. The molecule has 5 nitrogen and oxygen atoms in total. The van der Waals surface area contributed by atoms with Crippen LogP contribution in [-0.2, 0) is 20.0 Å². The highest BCUT2D eigenvalue weighted by Gasteiger charge is 2.06. The smallest absolute Gasteiger partial charge is 0.193 e. The predicted octanol–water partition coefficient (Wildman–Crippen LogP) is 2.71. The largest absolute Gasteiger partial charge is 0.357 e. The van der Waals surface area contributed by atoms with Crippen molar-refractivity contribution in [1.29, 1.82) is 0 Å². The molecule has 0 amide bonds. The number of nitrogens with zero attached hydrogens (tertiary/aromatic N) is 4. The van der Waals surface area contributed by atoms with Crippen molar-refractivity contribution in [1.82, 2.24) is 20.0 Å². The van der Waals surface area contributed by atoms with Gasteiger partial charge in [-0.15, -0.1) is 0 Å². The van der Waals surface area contributed by atoms with Crippen LogP contribution in [0.3, 0.4) is 0 Å². The van der Waals surface area contributed by atoms with Gasteiger partial charge in [0.2, 0.25) is 0 Å². The minimum Gasteiger partial charge on any atom is -0.357 e. The van der Waals surface area contributed by atoms with Crippen molar-refractivity contribution in [2.75, 3.05) is 20.1 Å². The minimum atomic E-state index is 0.735. The van der Waals surface area contributed by atoms with Crippen molar-refractivity contribution >= 4 is 17.6 Å². The van der Waals surface area contributed by atoms with Gasteiger partial charge in [0.15, 0.2) is 5.96 Å². The molecular formula is C17H24ClN5. The fraction of sp³-hybridized carbons (Fsp3) is 0.412. The van der Waals surface area contributed by atoms with Gasteiger partial charge in [0.1, 0.15) is 0 Å². The third-order valence-electron chi connectivity index (χ3n) is 3.45. The molecule has 0 atom stereocenters. The quantitative estimate of drug-likeness (QED) is 0.653. The van der Waals surface area contributed by atoms with Crippen molar-refractivity contribution < 1.29 is 0 Å². The normalized spacial score (nSPS) is 11.6. The summed E-state index contributed by atoms with van der Waals surface area (Å²) in [4.78, 5) is 6.82. The first-order chi connectivity index (χ1) is 11.1. The average molecular weight is 334 g/mol. The molecule has 1 heterocycles. The maximum absolute atomic E-state index is 5.93. The number of hydrogen-bond acceptors (Lipinski definition) is 2. The van der Waals surface area contributed by atoms with E-state index < -0.39 is 0 Å². The van der Waals surface area contributed by atoms with Crippen molar-refractivity contribution in [3.8, 4) is 0 Å². The molecule has 0 aliphatic rings. The molecule has 2 aromatic rings. The van der Waals surface area contributed by atoms with E-state index in [-0.39, 0.29) is 0 Å². The zero-order valence-electron chi connectivity index (χ0n) is 14.0. The van der Waals surface area contributed by atoms with Crippen LogP contribution < -0.4 is 5.32 Å². The van der Waals surface area contributed by atoms with Gasteiger partial charge >= 0.3 is 0 Å². The molecule has 0 aliphatic carbocycles. The van der Waals surface area contributed by atoms with Gasteiger partial charge in [-0.05, 0) is 36.6 Å². The number of halogens is 1. The first-order valence-corrected chi connectivity index (χ1v) is 8.17. The van der Waals surface area contributed by atoms with Gasteiger partial charge in [-0.3, -0.25) is 9.67 Å².